The van der Waals surface area contributed by atoms with E-state index in [2.05, 4.69) is 180 Å². The molecule has 0 amide bonds. The highest BCUT2D eigenvalue weighted by Crippen LogP contribution is 2.45. The minimum Gasteiger partial charge on any atom is -0.388 e. The summed E-state index contributed by atoms with van der Waals surface area (Å²) in [4.78, 5) is 1.53. The third kappa shape index (κ3) is 9.57. The molecule has 1 heterocycles. The van der Waals surface area contributed by atoms with E-state index in [1.807, 2.05) is 0 Å². The molecule has 0 saturated carbocycles. The van der Waals surface area contributed by atoms with Crippen LogP contribution in [0.15, 0.2) is 125 Å². The molecule has 0 aromatic heterocycles. The number of allylic oxidation sites excluding steroid dienone is 7. The van der Waals surface area contributed by atoms with Crippen molar-refractivity contribution in [2.75, 3.05) is 18.8 Å². The number of nitrogens with one attached hydrogen (secondary N) is 1. The summed E-state index contributed by atoms with van der Waals surface area (Å²) >= 11 is 2.15. The fourth-order valence-electron chi connectivity index (χ4n) is 9.26. The highest BCUT2D eigenvalue weighted by molar-refractivity contribution is 8.03. The van der Waals surface area contributed by atoms with Gasteiger partial charge in [-0.2, -0.15) is 4.58 Å². The van der Waals surface area contributed by atoms with Gasteiger partial charge in [0, 0.05) is 52.4 Å². The zero-order valence-electron chi connectivity index (χ0n) is 36.6. The lowest BCUT2D eigenvalue weighted by molar-refractivity contribution is -0.438. The van der Waals surface area contributed by atoms with Crippen molar-refractivity contribution >= 4 is 44.7 Å². The van der Waals surface area contributed by atoms with E-state index in [0.717, 1.165) is 38.3 Å². The topological polar surface area (TPSA) is 15.0 Å². The van der Waals surface area contributed by atoms with E-state index in [9.17, 15) is 0 Å². The lowest BCUT2D eigenvalue weighted by Gasteiger charge is -2.31. The van der Waals surface area contributed by atoms with Gasteiger partial charge in [-0.1, -0.05) is 153 Å². The fourth-order valence-corrected chi connectivity index (χ4v) is 10.8. The summed E-state index contributed by atoms with van der Waals surface area (Å²) < 4.78 is 2.65. The van der Waals surface area contributed by atoms with Crippen LogP contribution in [-0.4, -0.2) is 29.1 Å². The first-order valence-corrected chi connectivity index (χ1v) is 23.5. The third-order valence-corrected chi connectivity index (χ3v) is 14.3. The van der Waals surface area contributed by atoms with Crippen LogP contribution in [0, 0.1) is 5.92 Å². The van der Waals surface area contributed by atoms with Crippen molar-refractivity contribution in [2.45, 2.75) is 137 Å². The van der Waals surface area contributed by atoms with Crippen molar-refractivity contribution < 1.29 is 4.58 Å². The fraction of sp³-hybridized carbons (Fsp3) is 0.463. The maximum absolute atomic E-state index is 3.96. The maximum Gasteiger partial charge on any atom is 0.210 e. The molecular formula is C54H71N2S+. The standard InChI is InChI=1S/C54H70N2S/c1-9-13-22-40(12-4)39-57-52-43(32-35-49(55-37-14-10-2)53(5,6)47-30-21-25-41-23-16-18-28-45(41)47)26-20-27-44(52)33-36-50-54(7,8)51-46-29-19-17-24-42(46)31-34-48(51)56(50)38-15-11-3/h16-19,21,23-25,28-36,40H,9-15,20,22,26-27,37-39H2,1-8H3/p+1. The SMILES string of the molecule is CCCCN/C(=C/C=C1\CCCC(/C=C/C2=[N+](CCCC)c3ccc4ccccc4c3C2(C)C)=C1SCC(CC)CCCC)C(C)(C)c1cccc2ccccc12. The number of fused-ring (bicyclic) bond motifs is 4. The first kappa shape index (κ1) is 42.8. The largest absolute Gasteiger partial charge is 0.388 e. The van der Waals surface area contributed by atoms with Gasteiger partial charge in [0.1, 0.15) is 6.54 Å². The molecule has 0 radical (unpaired) electrons. The van der Waals surface area contributed by atoms with Crippen molar-refractivity contribution in [3.8, 4) is 0 Å². The second-order valence-corrected chi connectivity index (χ2v) is 18.7. The number of benzene rings is 4. The van der Waals surface area contributed by atoms with E-state index in [4.69, 9.17) is 0 Å². The molecule has 4 aromatic rings. The highest BCUT2D eigenvalue weighted by Gasteiger charge is 2.45. The van der Waals surface area contributed by atoms with Crippen molar-refractivity contribution in [1.29, 1.82) is 0 Å². The zero-order valence-corrected chi connectivity index (χ0v) is 37.5. The van der Waals surface area contributed by atoms with Crippen LogP contribution in [0.3, 0.4) is 0 Å². The normalized spacial score (nSPS) is 17.4. The number of unbranched alkanes of at least 4 members (excludes halogenated alkanes) is 3. The Bertz CT molecular complexity index is 2150. The molecule has 302 valence electrons. The van der Waals surface area contributed by atoms with Crippen LogP contribution in [0.1, 0.15) is 137 Å². The van der Waals surface area contributed by atoms with E-state index in [1.54, 1.807) is 0 Å². The Balaban J connectivity index is 1.44. The number of rotatable bonds is 19. The zero-order chi connectivity index (χ0) is 40.4. The number of hydrogen-bond donors (Lipinski definition) is 1. The van der Waals surface area contributed by atoms with Crippen molar-refractivity contribution in [3.63, 3.8) is 0 Å². The Kier molecular flexibility index (Phi) is 14.8. The molecule has 0 fully saturated rings. The quantitative estimate of drug-likeness (QED) is 0.0753. The molecule has 1 atom stereocenters. The Hall–Kier alpha value is -3.82. The minimum atomic E-state index is -0.181. The third-order valence-electron chi connectivity index (χ3n) is 12.8. The van der Waals surface area contributed by atoms with Crippen molar-refractivity contribution in [2.24, 2.45) is 5.92 Å². The smallest absolute Gasteiger partial charge is 0.210 e. The van der Waals surface area contributed by atoms with Gasteiger partial charge in [0.2, 0.25) is 5.69 Å². The molecule has 0 bridgehead atoms. The van der Waals surface area contributed by atoms with Gasteiger partial charge in [0.05, 0.1) is 5.41 Å². The lowest BCUT2D eigenvalue weighted by atomic mass is 9.78. The summed E-state index contributed by atoms with van der Waals surface area (Å²) in [6, 6.07) is 29.4. The maximum atomic E-state index is 3.96. The first-order valence-electron chi connectivity index (χ1n) is 22.5. The van der Waals surface area contributed by atoms with E-state index in [1.165, 1.54) is 123 Å². The molecule has 1 aliphatic heterocycles. The van der Waals surface area contributed by atoms with Gasteiger partial charge in [-0.05, 0) is 102 Å². The van der Waals surface area contributed by atoms with Gasteiger partial charge < -0.3 is 5.32 Å². The van der Waals surface area contributed by atoms with E-state index in [-0.39, 0.29) is 10.8 Å². The van der Waals surface area contributed by atoms with Crippen LogP contribution in [0.25, 0.3) is 21.5 Å². The molecule has 0 spiro atoms. The molecular weight excluding hydrogens is 709 g/mol. The predicted octanol–water partition coefficient (Wildman–Crippen LogP) is 15.3. The van der Waals surface area contributed by atoms with Gasteiger partial charge >= 0.3 is 0 Å². The number of thioether (sulfide) groups is 1. The van der Waals surface area contributed by atoms with Crippen LogP contribution >= 0.6 is 11.8 Å². The Morgan fingerprint density at radius 2 is 1.51 bits per heavy atom. The first-order chi connectivity index (χ1) is 27.6. The molecule has 1 N–H and O–H groups in total. The van der Waals surface area contributed by atoms with Crippen LogP contribution in [0.4, 0.5) is 5.69 Å². The number of nitrogens with zero attached hydrogens (tertiary/aromatic N) is 1. The summed E-state index contributed by atoms with van der Waals surface area (Å²) in [5, 5.41) is 9.33. The Labute approximate surface area is 350 Å². The van der Waals surface area contributed by atoms with Crippen LogP contribution < -0.4 is 5.32 Å². The monoisotopic (exact) mass is 780 g/mol. The molecule has 1 unspecified atom stereocenters. The van der Waals surface area contributed by atoms with Crippen LogP contribution in [0.2, 0.25) is 0 Å². The molecule has 2 aliphatic rings. The second kappa shape index (κ2) is 19.8. The molecule has 6 rings (SSSR count). The number of hydrogen-bond acceptors (Lipinski definition) is 2. The van der Waals surface area contributed by atoms with E-state index >= 15 is 0 Å². The molecule has 2 nitrogen and oxygen atoms in total. The average Bonchev–Trinajstić information content (AvgIpc) is 3.45. The van der Waals surface area contributed by atoms with Crippen LogP contribution in [-0.2, 0) is 10.8 Å². The van der Waals surface area contributed by atoms with Gasteiger partial charge in [-0.25, -0.2) is 0 Å². The lowest BCUT2D eigenvalue weighted by Crippen LogP contribution is -2.31. The van der Waals surface area contributed by atoms with E-state index < -0.39 is 0 Å². The van der Waals surface area contributed by atoms with E-state index in [0.29, 0.717) is 0 Å². The van der Waals surface area contributed by atoms with Gasteiger partial charge in [0.25, 0.3) is 0 Å². The Morgan fingerprint density at radius 1 is 0.807 bits per heavy atom. The van der Waals surface area contributed by atoms with Gasteiger partial charge in [0.15, 0.2) is 5.71 Å². The molecule has 1 aliphatic carbocycles. The summed E-state index contributed by atoms with van der Waals surface area (Å²) in [5.41, 5.74) is 9.74. The summed E-state index contributed by atoms with van der Waals surface area (Å²) in [6.45, 7) is 21.1. The average molecular weight is 780 g/mol. The summed E-state index contributed by atoms with van der Waals surface area (Å²) in [6.07, 6.45) is 23.3. The summed E-state index contributed by atoms with van der Waals surface area (Å²) in [5.74, 6) is 1.94. The Morgan fingerprint density at radius 3 is 2.25 bits per heavy atom. The molecule has 3 heteroatoms. The minimum absolute atomic E-state index is 0.0932. The molecule has 4 aromatic carbocycles. The highest BCUT2D eigenvalue weighted by atomic mass is 32.2. The van der Waals surface area contributed by atoms with Crippen molar-refractivity contribution in [1.82, 2.24) is 5.32 Å². The second-order valence-electron chi connectivity index (χ2n) is 17.7. The van der Waals surface area contributed by atoms with Crippen LogP contribution in [0.5, 0.6) is 0 Å². The predicted molar refractivity (Wildman–Crippen MR) is 254 cm³/mol. The molecule has 57 heavy (non-hydrogen) atoms. The summed E-state index contributed by atoms with van der Waals surface area (Å²) in [7, 11) is 0. The van der Waals surface area contributed by atoms with Gasteiger partial charge in [-0.15, -0.1) is 11.8 Å². The van der Waals surface area contributed by atoms with Gasteiger partial charge in [-0.3, -0.25) is 0 Å². The molecule has 0 saturated heterocycles. The van der Waals surface area contributed by atoms with Crippen molar-refractivity contribution in [3.05, 3.63) is 136 Å².